The third-order valence-corrected chi connectivity index (χ3v) is 27.0. The number of pyridine rings is 3. The fraction of sp³-hybridized carbons (Fsp3) is 0.144. The standard InChI is InChI=1S/C26H20FN7O2S.C26H24N8O2.C26H21N7O2S.C19H15BrN8OS/c1-13-5-3-4-6-19(13)34-20(30-25-21(26(34)36)14(2)32-37-25)12-33-24-22(18(28)7-8-29-24)23(31-33)15-9-16(27)11-17(35)10-15;1-15-6-3-4-9-20(15)34-21(30-19-13-29-32(2)24(19)26(34)36)14-33-25-22(18(27)10-11-28-25)23(31-33)16-7-5-8-17(35)12-16;1-14-6-3-4-9-19(14)33-20(29-25-21(26(33)35)15(2)31-36-25)13-32-24-22(18(27)10-11-28-24)23(30-32)16-7-5-8-17(34)12-16;1-9-5-3-4-6-11(9)28-12(24-18-13(19(28)29)10(2)26-30-18)7-27-17-14(15(20)25-27)16(21)22-8-23-17/h3-11,35H,12H2,1-2H3,(H2,28,29);3-13,19,24,35H,14H2,1-2H3,(H2,27,28);3-12,34H,13H2,1-2H3,(H2,27,28);3-6,8H,7H2,1-2H3,(H2,21,22,23). The number of amides is 1. The maximum absolute atomic E-state index is 14.1. The number of rotatable bonds is 15. The molecule has 37 nitrogen and oxygen atoms in total. The number of nitrogen functional groups attached to an aromatic ring is 4. The largest absolute Gasteiger partial charge is 0.508 e. The molecule has 7 aromatic carbocycles. The molecular formula is C97H80BrFN30O7S3. The van der Waals surface area contributed by atoms with Crippen LogP contribution < -0.4 is 44.5 Å². The predicted molar refractivity (Wildman–Crippen MR) is 539 cm³/mol. The molecule has 0 saturated carbocycles. The number of hydrogen-bond acceptors (Lipinski definition) is 32. The second kappa shape index (κ2) is 36.3. The van der Waals surface area contributed by atoms with E-state index in [1.54, 1.807) is 136 Å². The Balaban J connectivity index is 0.000000114. The molecule has 0 spiro atoms. The number of carbonyl (C=O) groups is 1. The van der Waals surface area contributed by atoms with Gasteiger partial charge in [0.15, 0.2) is 43.1 Å². The van der Waals surface area contributed by atoms with Crippen LogP contribution in [0.2, 0.25) is 0 Å². The Labute approximate surface area is 806 Å². The molecule has 42 heteroatoms. The molecule has 0 radical (unpaired) electrons. The van der Waals surface area contributed by atoms with E-state index in [2.05, 4.69) is 64.2 Å². The van der Waals surface area contributed by atoms with Gasteiger partial charge in [0.25, 0.3) is 22.6 Å². The molecule has 692 valence electrons. The topological polar surface area (TPSA) is 492 Å². The summed E-state index contributed by atoms with van der Waals surface area (Å²) in [7, 11) is 1.78. The van der Waals surface area contributed by atoms with Crippen LogP contribution in [-0.4, -0.2) is 163 Å². The van der Waals surface area contributed by atoms with E-state index in [1.165, 1.54) is 41.5 Å². The van der Waals surface area contributed by atoms with Crippen molar-refractivity contribution in [2.24, 2.45) is 10.1 Å². The zero-order valence-corrected chi connectivity index (χ0v) is 79.1. The number of aromatic hydroxyl groups is 3. The van der Waals surface area contributed by atoms with Gasteiger partial charge in [-0.15, -0.1) is 0 Å². The number of aromatic nitrogens is 22. The Morgan fingerprint density at radius 1 is 0.410 bits per heavy atom. The number of nitrogens with two attached hydrogens (primary N) is 4. The predicted octanol–water partition coefficient (Wildman–Crippen LogP) is 14.4. The van der Waals surface area contributed by atoms with Gasteiger partial charge in [-0.1, -0.05) is 97.1 Å². The minimum absolute atomic E-state index is 0.0741. The molecule has 11 N–H and O–H groups in total. The lowest BCUT2D eigenvalue weighted by Crippen LogP contribution is -2.56. The van der Waals surface area contributed by atoms with E-state index < -0.39 is 11.9 Å². The van der Waals surface area contributed by atoms with Crippen molar-refractivity contribution in [3.8, 4) is 68.1 Å². The highest BCUT2D eigenvalue weighted by Crippen LogP contribution is 2.40. The van der Waals surface area contributed by atoms with E-state index in [-0.39, 0.29) is 72.1 Å². The number of amidine groups is 1. The molecule has 14 aromatic heterocycles. The first-order chi connectivity index (χ1) is 67.1. The molecule has 139 heavy (non-hydrogen) atoms. The SMILES string of the molecule is Cc1ccccc1-n1c(Cn2nc(-c3cc(O)cc(F)c3)c3c(N)ccnc32)nc2snc(C)c2c1=O.Cc1ccccc1-n1c(Cn2nc(-c3cccc(O)c3)c3c(N)ccnc32)nc2snc(C)c2c1=O.Cc1ccccc1-n1c(Cn2nc(Br)c3c(N)ncnc32)nc2snc(C)c2c1=O.Cc1ccccc1N1C(=O)C2C(C=NN2C)N=C1Cn1nc(-c2cccc(O)c2)c2c(N)ccnc21. The average Bonchev–Trinajstić information content (AvgIpc) is 1.57. The summed E-state index contributed by atoms with van der Waals surface area (Å²) in [5.74, 6) is 1.63. The van der Waals surface area contributed by atoms with Crippen molar-refractivity contribution in [1.82, 2.24) is 111 Å². The number of nitrogens with zero attached hydrogens (tertiary/aromatic N) is 26. The van der Waals surface area contributed by atoms with Crippen LogP contribution in [0, 0.1) is 54.3 Å². The van der Waals surface area contributed by atoms with Gasteiger partial charge in [0.1, 0.15) is 129 Å². The summed E-state index contributed by atoms with van der Waals surface area (Å²) in [6, 6.07) is 52.2. The maximum atomic E-state index is 14.1. The summed E-state index contributed by atoms with van der Waals surface area (Å²) >= 11 is 7.01. The van der Waals surface area contributed by atoms with Crippen LogP contribution in [0.4, 0.5) is 33.0 Å². The first-order valence-corrected chi connectivity index (χ1v) is 46.3. The second-order valence-corrected chi connectivity index (χ2v) is 36.0. The quantitative estimate of drug-likeness (QED) is 0.0501. The molecule has 2 atom stereocenters. The molecule has 21 aromatic rings. The molecule has 23 rings (SSSR count). The van der Waals surface area contributed by atoms with Crippen LogP contribution in [0.15, 0.2) is 236 Å². The van der Waals surface area contributed by atoms with Crippen molar-refractivity contribution in [1.29, 1.82) is 0 Å². The smallest absolute Gasteiger partial charge is 0.268 e. The highest BCUT2D eigenvalue weighted by molar-refractivity contribution is 9.10. The van der Waals surface area contributed by atoms with Crippen molar-refractivity contribution in [3.63, 3.8) is 0 Å². The Hall–Kier alpha value is -17.1. The van der Waals surface area contributed by atoms with E-state index in [0.717, 1.165) is 56.9 Å². The van der Waals surface area contributed by atoms with Gasteiger partial charge < -0.3 is 38.3 Å². The summed E-state index contributed by atoms with van der Waals surface area (Å²) in [6.07, 6.45) is 7.90. The fourth-order valence-electron chi connectivity index (χ4n) is 17.3. The van der Waals surface area contributed by atoms with E-state index in [4.69, 9.17) is 58.2 Å². The number of aryl methyl sites for hydroxylation is 7. The highest BCUT2D eigenvalue weighted by atomic mass is 79.9. The number of fused-ring (bicyclic) bond motifs is 8. The minimum Gasteiger partial charge on any atom is -0.508 e. The lowest BCUT2D eigenvalue weighted by atomic mass is 10.0. The molecule has 2 aliphatic rings. The number of halogens is 2. The third kappa shape index (κ3) is 16.4. The van der Waals surface area contributed by atoms with Crippen LogP contribution in [0.1, 0.15) is 56.8 Å². The van der Waals surface area contributed by atoms with Crippen molar-refractivity contribution >= 4 is 172 Å². The second-order valence-electron chi connectivity index (χ2n) is 33.0. The molecule has 16 heterocycles. The van der Waals surface area contributed by atoms with Gasteiger partial charge >= 0.3 is 0 Å². The normalized spacial score (nSPS) is 13.5. The highest BCUT2D eigenvalue weighted by Gasteiger charge is 2.45. The maximum Gasteiger partial charge on any atom is 0.268 e. The van der Waals surface area contributed by atoms with Crippen molar-refractivity contribution in [2.75, 3.05) is 34.9 Å². The number of phenols is 3. The van der Waals surface area contributed by atoms with Crippen LogP contribution in [0.5, 0.6) is 17.2 Å². The summed E-state index contributed by atoms with van der Waals surface area (Å²) in [6.45, 7) is 13.9. The summed E-state index contributed by atoms with van der Waals surface area (Å²) in [5, 5.41) is 58.9. The summed E-state index contributed by atoms with van der Waals surface area (Å²) < 4.78 is 39.2. The number of anilines is 5. The number of phenolic OH excluding ortho intramolecular Hbond substituents is 3. The fourth-order valence-corrected chi connectivity index (χ4v) is 20.3. The van der Waals surface area contributed by atoms with Crippen molar-refractivity contribution in [2.45, 2.75) is 86.7 Å². The first-order valence-electron chi connectivity index (χ1n) is 43.2. The van der Waals surface area contributed by atoms with Crippen molar-refractivity contribution in [3.05, 3.63) is 305 Å². The zero-order chi connectivity index (χ0) is 96.8. The van der Waals surface area contributed by atoms with Gasteiger partial charge in [-0.3, -0.25) is 47.8 Å². The number of para-hydroxylation sites is 4. The Kier molecular flexibility index (Phi) is 23.4. The van der Waals surface area contributed by atoms with Crippen LogP contribution >= 0.6 is 50.5 Å². The first kappa shape index (κ1) is 89.7. The number of likely N-dealkylation sites (N-methyl/N-ethyl adjacent to an activating group) is 1. The average molecular weight is 1970 g/mol. The van der Waals surface area contributed by atoms with E-state index in [9.17, 15) is 38.9 Å². The molecule has 0 aliphatic carbocycles. The zero-order valence-electron chi connectivity index (χ0n) is 75.1. The summed E-state index contributed by atoms with van der Waals surface area (Å²) in [4.78, 5) is 99.5. The third-order valence-electron chi connectivity index (χ3n) is 23.9. The van der Waals surface area contributed by atoms with Crippen LogP contribution in [0.3, 0.4) is 0 Å². The molecule has 0 fully saturated rings. The number of hydrogen-bond donors (Lipinski definition) is 7. The Bertz CT molecular complexity index is 8840. The number of aliphatic imine (C=N–C) groups is 1. The van der Waals surface area contributed by atoms with Crippen LogP contribution in [0.25, 0.3) is 126 Å². The number of benzene rings is 7. The van der Waals surface area contributed by atoms with Crippen LogP contribution in [-0.2, 0) is 31.0 Å². The lowest BCUT2D eigenvalue weighted by molar-refractivity contribution is -0.122. The number of carbonyl (C=O) groups excluding carboxylic acids is 1. The van der Waals surface area contributed by atoms with Crippen molar-refractivity contribution < 1.29 is 24.5 Å². The monoisotopic (exact) mass is 1970 g/mol. The Morgan fingerprint density at radius 2 is 0.791 bits per heavy atom. The molecule has 2 aliphatic heterocycles. The van der Waals surface area contributed by atoms with Gasteiger partial charge in [-0.05, 0) is 200 Å². The van der Waals surface area contributed by atoms with Gasteiger partial charge in [0, 0.05) is 65.5 Å². The van der Waals surface area contributed by atoms with Gasteiger partial charge in [0.05, 0.1) is 67.6 Å². The van der Waals surface area contributed by atoms with E-state index in [0.29, 0.717) is 182 Å². The molecule has 0 saturated heterocycles. The molecular weight excluding hydrogens is 1890 g/mol. The molecule has 1 amide bonds. The molecule has 2 unspecified atom stereocenters. The minimum atomic E-state index is -0.610. The van der Waals surface area contributed by atoms with Gasteiger partial charge in [-0.2, -0.15) is 38.6 Å². The Morgan fingerprint density at radius 3 is 1.20 bits per heavy atom. The van der Waals surface area contributed by atoms with E-state index in [1.807, 2.05) is 151 Å². The number of hydrazone groups is 1. The lowest BCUT2D eigenvalue weighted by Gasteiger charge is -2.35. The summed E-state index contributed by atoms with van der Waals surface area (Å²) in [5.41, 5.74) is 40.0. The molecule has 0 bridgehead atoms. The van der Waals surface area contributed by atoms with E-state index >= 15 is 0 Å². The van der Waals surface area contributed by atoms with Gasteiger partial charge in [-0.25, -0.2) is 63.0 Å². The van der Waals surface area contributed by atoms with Gasteiger partial charge in [0.2, 0.25) is 0 Å².